The summed E-state index contributed by atoms with van der Waals surface area (Å²) in [5.41, 5.74) is 4.19. The Morgan fingerprint density at radius 1 is 1.43 bits per heavy atom. The number of aromatic nitrogens is 2. The highest BCUT2D eigenvalue weighted by Gasteiger charge is 2.26. The summed E-state index contributed by atoms with van der Waals surface area (Å²) in [6, 6.07) is 3.61. The second-order valence-corrected chi connectivity index (χ2v) is 6.61. The maximum absolute atomic E-state index is 12.7. The van der Waals surface area contributed by atoms with Gasteiger partial charge in [0, 0.05) is 18.5 Å². The molecule has 3 heterocycles. The molecule has 0 unspecified atom stereocenters. The standard InChI is InChI=1S/C15H18N4O3S/c1-3-10-7-11(18(2)16-10)15(21)19-5-4-9-6-12(14(20)17-22)23-13(9)8-19/h6-7,22H,3-5,8H2,1-2H3,(H,17,20). The normalized spacial score (nSPS) is 13.8. The molecule has 2 amide bonds. The molecule has 122 valence electrons. The van der Waals surface area contributed by atoms with Crippen molar-refractivity contribution < 1.29 is 14.8 Å². The smallest absolute Gasteiger partial charge is 0.284 e. The van der Waals surface area contributed by atoms with E-state index in [4.69, 9.17) is 5.21 Å². The topological polar surface area (TPSA) is 87.5 Å². The Bertz CT molecular complexity index is 765. The molecule has 0 aliphatic carbocycles. The minimum Gasteiger partial charge on any atom is -0.332 e. The van der Waals surface area contributed by atoms with Crippen LogP contribution in [0.25, 0.3) is 0 Å². The average molecular weight is 334 g/mol. The molecule has 0 radical (unpaired) electrons. The molecule has 0 saturated carbocycles. The number of thiophene rings is 1. The lowest BCUT2D eigenvalue weighted by Gasteiger charge is -2.26. The van der Waals surface area contributed by atoms with Crippen molar-refractivity contribution in [2.24, 2.45) is 7.05 Å². The van der Waals surface area contributed by atoms with E-state index in [0.29, 0.717) is 30.1 Å². The van der Waals surface area contributed by atoms with Gasteiger partial charge in [0.25, 0.3) is 11.8 Å². The predicted molar refractivity (Wildman–Crippen MR) is 84.6 cm³/mol. The van der Waals surface area contributed by atoms with Gasteiger partial charge in [-0.1, -0.05) is 6.92 Å². The van der Waals surface area contributed by atoms with E-state index in [1.54, 1.807) is 28.2 Å². The zero-order valence-electron chi connectivity index (χ0n) is 13.0. The van der Waals surface area contributed by atoms with Crippen molar-refractivity contribution in [3.63, 3.8) is 0 Å². The lowest BCUT2D eigenvalue weighted by Crippen LogP contribution is -2.36. The van der Waals surface area contributed by atoms with Gasteiger partial charge >= 0.3 is 0 Å². The molecule has 0 bridgehead atoms. The maximum atomic E-state index is 12.7. The van der Waals surface area contributed by atoms with Crippen molar-refractivity contribution in [1.29, 1.82) is 0 Å². The Morgan fingerprint density at radius 2 is 2.22 bits per heavy atom. The fraction of sp³-hybridized carbons (Fsp3) is 0.400. The third-order valence-electron chi connectivity index (χ3n) is 4.01. The minimum absolute atomic E-state index is 0.0492. The molecular weight excluding hydrogens is 316 g/mol. The number of fused-ring (bicyclic) bond motifs is 1. The highest BCUT2D eigenvalue weighted by atomic mass is 32.1. The molecule has 0 atom stereocenters. The van der Waals surface area contributed by atoms with Gasteiger partial charge in [-0.25, -0.2) is 5.48 Å². The number of hydroxylamine groups is 1. The Morgan fingerprint density at radius 3 is 2.87 bits per heavy atom. The van der Waals surface area contributed by atoms with E-state index in [9.17, 15) is 9.59 Å². The molecule has 3 rings (SSSR count). The highest BCUT2D eigenvalue weighted by molar-refractivity contribution is 7.14. The molecule has 7 nitrogen and oxygen atoms in total. The molecule has 0 saturated heterocycles. The van der Waals surface area contributed by atoms with E-state index in [1.807, 2.05) is 13.0 Å². The monoisotopic (exact) mass is 334 g/mol. The van der Waals surface area contributed by atoms with Crippen LogP contribution in [0.2, 0.25) is 0 Å². The molecule has 8 heteroatoms. The summed E-state index contributed by atoms with van der Waals surface area (Å²) < 4.78 is 1.62. The van der Waals surface area contributed by atoms with E-state index in [1.165, 1.54) is 11.3 Å². The van der Waals surface area contributed by atoms with Crippen molar-refractivity contribution in [2.45, 2.75) is 26.3 Å². The SMILES string of the molecule is CCc1cc(C(=O)N2CCc3cc(C(=O)NO)sc3C2)n(C)n1. The lowest BCUT2D eigenvalue weighted by molar-refractivity contribution is 0.0708. The average Bonchev–Trinajstić information content (AvgIpc) is 3.15. The fourth-order valence-corrected chi connectivity index (χ4v) is 3.84. The number of carbonyl (C=O) groups excluding carboxylic acids is 2. The quantitative estimate of drug-likeness (QED) is 0.655. The summed E-state index contributed by atoms with van der Waals surface area (Å²) in [4.78, 5) is 27.4. The van der Waals surface area contributed by atoms with Crippen molar-refractivity contribution in [2.75, 3.05) is 6.54 Å². The van der Waals surface area contributed by atoms with Crippen molar-refractivity contribution >= 4 is 23.2 Å². The Balaban J connectivity index is 1.81. The zero-order chi connectivity index (χ0) is 16.6. The molecule has 23 heavy (non-hydrogen) atoms. The van der Waals surface area contributed by atoms with Gasteiger partial charge in [0.2, 0.25) is 0 Å². The van der Waals surface area contributed by atoms with Gasteiger partial charge in [-0.05, 0) is 30.5 Å². The molecule has 1 aliphatic heterocycles. The third kappa shape index (κ3) is 2.87. The minimum atomic E-state index is -0.513. The van der Waals surface area contributed by atoms with Gasteiger partial charge in [-0.15, -0.1) is 11.3 Å². The molecular formula is C15H18N4O3S. The molecule has 0 fully saturated rings. The number of rotatable bonds is 3. The molecule has 1 aliphatic rings. The molecule has 2 aromatic heterocycles. The summed E-state index contributed by atoms with van der Waals surface area (Å²) in [6.07, 6.45) is 1.49. The van der Waals surface area contributed by atoms with Crippen LogP contribution in [0.15, 0.2) is 12.1 Å². The number of nitrogens with zero attached hydrogens (tertiary/aromatic N) is 3. The van der Waals surface area contributed by atoms with Gasteiger partial charge in [-0.3, -0.25) is 19.5 Å². The fourth-order valence-electron chi connectivity index (χ4n) is 2.72. The Labute approximate surface area is 137 Å². The van der Waals surface area contributed by atoms with E-state index in [2.05, 4.69) is 5.10 Å². The first-order valence-corrected chi connectivity index (χ1v) is 8.23. The first-order valence-electron chi connectivity index (χ1n) is 7.41. The second-order valence-electron chi connectivity index (χ2n) is 5.47. The van der Waals surface area contributed by atoms with Crippen LogP contribution >= 0.6 is 11.3 Å². The number of nitrogens with one attached hydrogen (secondary N) is 1. The van der Waals surface area contributed by atoms with Crippen LogP contribution in [0.1, 0.15) is 43.2 Å². The van der Waals surface area contributed by atoms with Crippen molar-refractivity contribution in [3.8, 4) is 0 Å². The van der Waals surface area contributed by atoms with Crippen LogP contribution in [0.5, 0.6) is 0 Å². The van der Waals surface area contributed by atoms with Crippen LogP contribution < -0.4 is 5.48 Å². The van der Waals surface area contributed by atoms with Crippen LogP contribution in [0.4, 0.5) is 0 Å². The van der Waals surface area contributed by atoms with Crippen molar-refractivity contribution in [1.82, 2.24) is 20.2 Å². The van der Waals surface area contributed by atoms with Gasteiger partial charge < -0.3 is 4.90 Å². The first-order chi connectivity index (χ1) is 11.0. The molecule has 0 aromatic carbocycles. The summed E-state index contributed by atoms with van der Waals surface area (Å²) in [7, 11) is 1.77. The van der Waals surface area contributed by atoms with Gasteiger partial charge in [-0.2, -0.15) is 5.10 Å². The number of aryl methyl sites for hydroxylation is 2. The van der Waals surface area contributed by atoms with E-state index >= 15 is 0 Å². The number of amides is 2. The van der Waals surface area contributed by atoms with Gasteiger partial charge in [0.15, 0.2) is 0 Å². The highest BCUT2D eigenvalue weighted by Crippen LogP contribution is 2.29. The van der Waals surface area contributed by atoms with Gasteiger partial charge in [0.1, 0.15) is 5.69 Å². The number of hydrogen-bond donors (Lipinski definition) is 2. The lowest BCUT2D eigenvalue weighted by atomic mass is 10.1. The number of carbonyl (C=O) groups is 2. The van der Waals surface area contributed by atoms with Crippen LogP contribution in [0, 0.1) is 0 Å². The first kappa shape index (κ1) is 15.7. The van der Waals surface area contributed by atoms with Crippen LogP contribution in [-0.2, 0) is 26.4 Å². The van der Waals surface area contributed by atoms with E-state index in [-0.39, 0.29) is 5.91 Å². The second kappa shape index (κ2) is 6.13. The van der Waals surface area contributed by atoms with E-state index in [0.717, 1.165) is 22.6 Å². The maximum Gasteiger partial charge on any atom is 0.284 e. The largest absolute Gasteiger partial charge is 0.332 e. The molecule has 2 aromatic rings. The van der Waals surface area contributed by atoms with Crippen LogP contribution in [0.3, 0.4) is 0 Å². The summed E-state index contributed by atoms with van der Waals surface area (Å²) >= 11 is 1.31. The van der Waals surface area contributed by atoms with Crippen molar-refractivity contribution in [3.05, 3.63) is 38.8 Å². The molecule has 2 N–H and O–H groups in total. The summed E-state index contributed by atoms with van der Waals surface area (Å²) in [5.74, 6) is -0.562. The third-order valence-corrected chi connectivity index (χ3v) is 5.17. The summed E-state index contributed by atoms with van der Waals surface area (Å²) in [6.45, 7) is 3.09. The predicted octanol–water partition coefficient (Wildman–Crippen LogP) is 1.36. The Kier molecular flexibility index (Phi) is 4.18. The number of hydrogen-bond acceptors (Lipinski definition) is 5. The van der Waals surface area contributed by atoms with Crippen LogP contribution in [-0.4, -0.2) is 38.2 Å². The zero-order valence-corrected chi connectivity index (χ0v) is 13.8. The molecule has 0 spiro atoms. The summed E-state index contributed by atoms with van der Waals surface area (Å²) in [5, 5.41) is 13.0. The van der Waals surface area contributed by atoms with E-state index < -0.39 is 5.91 Å². The Hall–Kier alpha value is -2.19. The van der Waals surface area contributed by atoms with Gasteiger partial charge in [0.05, 0.1) is 17.1 Å².